The molecule has 0 aromatic heterocycles. The van der Waals surface area contributed by atoms with Crippen LogP contribution in [0.2, 0.25) is 0 Å². The molecule has 0 spiro atoms. The zero-order valence-corrected chi connectivity index (χ0v) is 5.52. The molecule has 3 heteroatoms. The highest BCUT2D eigenvalue weighted by atomic mass is 16.5. The Morgan fingerprint density at radius 3 is 2.44 bits per heavy atom. The van der Waals surface area contributed by atoms with Gasteiger partial charge in [0, 0.05) is 6.61 Å². The van der Waals surface area contributed by atoms with E-state index in [0.29, 0.717) is 6.10 Å². The summed E-state index contributed by atoms with van der Waals surface area (Å²) in [5, 5.41) is 5.40. The Morgan fingerprint density at radius 2 is 2.33 bits per heavy atom. The first-order valence-electron chi connectivity index (χ1n) is 2.96. The third kappa shape index (κ3) is 5.21. The molecule has 1 fully saturated rings. The summed E-state index contributed by atoms with van der Waals surface area (Å²) < 4.78 is 5.15. The van der Waals surface area contributed by atoms with Crippen LogP contribution in [0.5, 0.6) is 0 Å². The maximum absolute atomic E-state index is 8.35. The summed E-state index contributed by atoms with van der Waals surface area (Å²) in [6, 6.07) is 0. The molecule has 1 saturated heterocycles. The van der Waals surface area contributed by atoms with Crippen LogP contribution in [-0.4, -0.2) is 18.8 Å². The molecule has 1 atom stereocenters. The summed E-state index contributed by atoms with van der Waals surface area (Å²) in [4.78, 5) is 8.35. The van der Waals surface area contributed by atoms with E-state index in [1.54, 1.807) is 0 Å². The van der Waals surface area contributed by atoms with Gasteiger partial charge in [0.05, 0.1) is 6.10 Å². The molecule has 1 heterocycles. The molecule has 0 saturated carbocycles. The first kappa shape index (κ1) is 8.34. The number of ether oxygens (including phenoxy) is 1. The number of nitrogens with one attached hydrogen (secondary N) is 1. The molecule has 9 heavy (non-hydrogen) atoms. The maximum atomic E-state index is 8.35. The van der Waals surface area contributed by atoms with Gasteiger partial charge >= 0.3 is 0 Å². The van der Waals surface area contributed by atoms with Gasteiger partial charge in [-0.25, -0.2) is 10.2 Å². The molecule has 52 valence electrons. The highest BCUT2D eigenvalue weighted by Crippen LogP contribution is 2.09. The average molecular weight is 129 g/mol. The fourth-order valence-corrected chi connectivity index (χ4v) is 0.739. The SMILES string of the molecule is CC1CCCO1.N=C=O. The van der Waals surface area contributed by atoms with Gasteiger partial charge in [-0.05, 0) is 19.8 Å². The predicted molar refractivity (Wildman–Crippen MR) is 33.1 cm³/mol. The van der Waals surface area contributed by atoms with Gasteiger partial charge in [-0.1, -0.05) is 0 Å². The molecule has 0 aromatic carbocycles. The molecule has 0 amide bonds. The zero-order chi connectivity index (χ0) is 7.11. The Kier molecular flexibility index (Phi) is 5.07. The lowest BCUT2D eigenvalue weighted by Crippen LogP contribution is -1.94. The van der Waals surface area contributed by atoms with E-state index in [4.69, 9.17) is 14.9 Å². The summed E-state index contributed by atoms with van der Waals surface area (Å²) in [5.74, 6) is 0. The second-order valence-corrected chi connectivity index (χ2v) is 1.93. The standard InChI is InChI=1S/C5H10O.CHNO/c1-5-3-2-4-6-5;2-1-3/h5H,2-4H2,1H3;2H. The molecular formula is C6H11NO2. The van der Waals surface area contributed by atoms with E-state index < -0.39 is 0 Å². The number of hydrogen-bond acceptors (Lipinski definition) is 3. The van der Waals surface area contributed by atoms with Crippen molar-refractivity contribution in [3.05, 3.63) is 0 Å². The van der Waals surface area contributed by atoms with Crippen molar-refractivity contribution in [2.24, 2.45) is 0 Å². The second kappa shape index (κ2) is 5.48. The van der Waals surface area contributed by atoms with Gasteiger partial charge in [-0.3, -0.25) is 0 Å². The third-order valence-electron chi connectivity index (χ3n) is 1.16. The highest BCUT2D eigenvalue weighted by Gasteiger charge is 2.07. The van der Waals surface area contributed by atoms with Crippen LogP contribution in [0, 0.1) is 5.41 Å². The van der Waals surface area contributed by atoms with Crippen molar-refractivity contribution < 1.29 is 9.53 Å². The largest absolute Gasteiger partial charge is 0.379 e. The van der Waals surface area contributed by atoms with Crippen LogP contribution in [0.4, 0.5) is 0 Å². The quantitative estimate of drug-likeness (QED) is 0.393. The van der Waals surface area contributed by atoms with Gasteiger partial charge in [0.1, 0.15) is 0 Å². The van der Waals surface area contributed by atoms with E-state index in [2.05, 4.69) is 6.92 Å². The molecule has 0 bridgehead atoms. The molecule has 0 radical (unpaired) electrons. The molecule has 1 rings (SSSR count). The molecule has 3 nitrogen and oxygen atoms in total. The third-order valence-corrected chi connectivity index (χ3v) is 1.16. The summed E-state index contributed by atoms with van der Waals surface area (Å²) in [7, 11) is 0. The van der Waals surface area contributed by atoms with Crippen molar-refractivity contribution >= 4 is 6.08 Å². The van der Waals surface area contributed by atoms with Gasteiger partial charge in [0.2, 0.25) is 6.08 Å². The molecule has 0 aromatic rings. The lowest BCUT2D eigenvalue weighted by atomic mass is 10.3. The van der Waals surface area contributed by atoms with Crippen LogP contribution in [0.15, 0.2) is 0 Å². The van der Waals surface area contributed by atoms with Crippen molar-refractivity contribution in [3.8, 4) is 0 Å². The molecule has 1 aliphatic heterocycles. The smallest absolute Gasteiger partial charge is 0.231 e. The van der Waals surface area contributed by atoms with Crippen molar-refractivity contribution in [3.63, 3.8) is 0 Å². The Bertz CT molecular complexity index is 91.2. The summed E-state index contributed by atoms with van der Waals surface area (Å²) >= 11 is 0. The van der Waals surface area contributed by atoms with Crippen LogP contribution in [-0.2, 0) is 9.53 Å². The van der Waals surface area contributed by atoms with Gasteiger partial charge in [0.25, 0.3) is 0 Å². The molecular weight excluding hydrogens is 118 g/mol. The number of rotatable bonds is 0. The van der Waals surface area contributed by atoms with Crippen LogP contribution in [0.3, 0.4) is 0 Å². The molecule has 1 aliphatic rings. The van der Waals surface area contributed by atoms with E-state index in [1.807, 2.05) is 0 Å². The zero-order valence-electron chi connectivity index (χ0n) is 5.52. The first-order chi connectivity index (χ1) is 4.31. The van der Waals surface area contributed by atoms with E-state index in [9.17, 15) is 0 Å². The summed E-state index contributed by atoms with van der Waals surface area (Å²) in [6.45, 7) is 3.11. The van der Waals surface area contributed by atoms with E-state index in [-0.39, 0.29) is 0 Å². The Labute approximate surface area is 54.5 Å². The van der Waals surface area contributed by atoms with Crippen molar-refractivity contribution in [1.29, 1.82) is 5.41 Å². The lowest BCUT2D eigenvalue weighted by molar-refractivity contribution is 0.125. The number of carbonyl (C=O) groups excluding carboxylic acids is 1. The van der Waals surface area contributed by atoms with Gasteiger partial charge in [-0.15, -0.1) is 0 Å². The average Bonchev–Trinajstić information content (AvgIpc) is 2.20. The Hall–Kier alpha value is -0.660. The van der Waals surface area contributed by atoms with Gasteiger partial charge in [-0.2, -0.15) is 0 Å². The van der Waals surface area contributed by atoms with Crippen LogP contribution in [0.1, 0.15) is 19.8 Å². The van der Waals surface area contributed by atoms with Gasteiger partial charge in [0.15, 0.2) is 0 Å². The Morgan fingerprint density at radius 1 is 1.78 bits per heavy atom. The molecule has 1 unspecified atom stereocenters. The first-order valence-corrected chi connectivity index (χ1v) is 2.96. The second-order valence-electron chi connectivity index (χ2n) is 1.93. The van der Waals surface area contributed by atoms with Crippen molar-refractivity contribution in [2.45, 2.75) is 25.9 Å². The predicted octanol–water partition coefficient (Wildman–Crippen LogP) is 1.09. The Balaban J connectivity index is 0.000000187. The monoisotopic (exact) mass is 129 g/mol. The van der Waals surface area contributed by atoms with Crippen LogP contribution in [0.25, 0.3) is 0 Å². The lowest BCUT2D eigenvalue weighted by Gasteiger charge is -1.94. The van der Waals surface area contributed by atoms with Crippen molar-refractivity contribution in [2.75, 3.05) is 6.61 Å². The number of hydrogen-bond donors (Lipinski definition) is 1. The van der Waals surface area contributed by atoms with E-state index in [1.165, 1.54) is 12.8 Å². The van der Waals surface area contributed by atoms with Crippen LogP contribution < -0.4 is 0 Å². The van der Waals surface area contributed by atoms with Gasteiger partial charge < -0.3 is 4.74 Å². The maximum Gasteiger partial charge on any atom is 0.231 e. The number of isocyanates is 1. The van der Waals surface area contributed by atoms with E-state index in [0.717, 1.165) is 12.7 Å². The topological polar surface area (TPSA) is 50.1 Å². The fraction of sp³-hybridized carbons (Fsp3) is 0.833. The summed E-state index contributed by atoms with van der Waals surface area (Å²) in [6.07, 6.45) is 3.83. The molecule has 1 N–H and O–H groups in total. The minimum atomic E-state index is 0.546. The van der Waals surface area contributed by atoms with Crippen molar-refractivity contribution in [1.82, 2.24) is 0 Å². The minimum Gasteiger partial charge on any atom is -0.379 e. The molecule has 0 aliphatic carbocycles. The fourth-order valence-electron chi connectivity index (χ4n) is 0.739. The highest BCUT2D eigenvalue weighted by molar-refractivity contribution is 5.26. The van der Waals surface area contributed by atoms with Crippen LogP contribution >= 0.6 is 0 Å². The summed E-state index contributed by atoms with van der Waals surface area (Å²) in [5.41, 5.74) is 0. The minimum absolute atomic E-state index is 0.546. The normalized spacial score (nSPS) is 23.9. The van der Waals surface area contributed by atoms with E-state index >= 15 is 0 Å².